The van der Waals surface area contributed by atoms with Gasteiger partial charge in [0, 0.05) is 5.69 Å². The number of nitrogens with one attached hydrogen (secondary N) is 2. The third-order valence-electron chi connectivity index (χ3n) is 2.80. The lowest BCUT2D eigenvalue weighted by atomic mass is 10.2. The fourth-order valence-corrected chi connectivity index (χ4v) is 2.42. The van der Waals surface area contributed by atoms with Crippen LogP contribution in [0.15, 0.2) is 22.7 Å². The van der Waals surface area contributed by atoms with Crippen molar-refractivity contribution >= 4 is 27.5 Å². The Balaban J connectivity index is 2.03. The summed E-state index contributed by atoms with van der Waals surface area (Å²) >= 11 is 3.39. The topological polar surface area (TPSA) is 50.4 Å². The van der Waals surface area contributed by atoms with Gasteiger partial charge in [0.05, 0.1) is 17.6 Å². The molecule has 0 spiro atoms. The zero-order chi connectivity index (χ0) is 12.3. The Morgan fingerprint density at radius 2 is 2.41 bits per heavy atom. The number of ether oxygens (including phenoxy) is 1. The minimum atomic E-state index is -0.0594. The molecule has 1 unspecified atom stereocenters. The average molecular weight is 299 g/mol. The number of benzene rings is 1. The average Bonchev–Trinajstić information content (AvgIpc) is 2.82. The first-order valence-corrected chi connectivity index (χ1v) is 6.38. The second-order valence-electron chi connectivity index (χ2n) is 3.99. The molecule has 1 aliphatic rings. The molecule has 5 heteroatoms. The summed E-state index contributed by atoms with van der Waals surface area (Å²) < 4.78 is 5.96. The number of hydrogen-bond donors (Lipinski definition) is 2. The SMILES string of the molecule is COc1ccc(NC(=O)C2CCCN2)cc1Br. The Bertz CT molecular complexity index is 417. The van der Waals surface area contributed by atoms with E-state index in [1.807, 2.05) is 18.2 Å². The van der Waals surface area contributed by atoms with Gasteiger partial charge < -0.3 is 15.4 Å². The lowest BCUT2D eigenvalue weighted by Crippen LogP contribution is -2.35. The standard InChI is InChI=1S/C12H15BrN2O2/c1-17-11-5-4-8(7-9(11)13)15-12(16)10-3-2-6-14-10/h4-5,7,10,14H,2-3,6H2,1H3,(H,15,16). The highest BCUT2D eigenvalue weighted by Crippen LogP contribution is 2.27. The Morgan fingerprint density at radius 3 is 3.00 bits per heavy atom. The van der Waals surface area contributed by atoms with Gasteiger partial charge in [0.2, 0.25) is 5.91 Å². The van der Waals surface area contributed by atoms with Crippen LogP contribution in [-0.2, 0) is 4.79 Å². The van der Waals surface area contributed by atoms with E-state index in [1.54, 1.807) is 7.11 Å². The van der Waals surface area contributed by atoms with Gasteiger partial charge in [0.25, 0.3) is 0 Å². The van der Waals surface area contributed by atoms with Crippen LogP contribution in [0.1, 0.15) is 12.8 Å². The third kappa shape index (κ3) is 2.98. The number of carbonyl (C=O) groups is 1. The van der Waals surface area contributed by atoms with Crippen molar-refractivity contribution in [3.8, 4) is 5.75 Å². The van der Waals surface area contributed by atoms with E-state index < -0.39 is 0 Å². The normalized spacial score (nSPS) is 19.1. The van der Waals surface area contributed by atoms with Gasteiger partial charge in [-0.3, -0.25) is 4.79 Å². The molecule has 1 aromatic carbocycles. The van der Waals surface area contributed by atoms with Crippen molar-refractivity contribution in [1.82, 2.24) is 5.32 Å². The fourth-order valence-electron chi connectivity index (χ4n) is 1.88. The third-order valence-corrected chi connectivity index (χ3v) is 3.42. The molecule has 1 fully saturated rings. The van der Waals surface area contributed by atoms with E-state index in [2.05, 4.69) is 26.6 Å². The van der Waals surface area contributed by atoms with Gasteiger partial charge in [0.15, 0.2) is 0 Å². The van der Waals surface area contributed by atoms with Crippen LogP contribution in [0.2, 0.25) is 0 Å². The molecular weight excluding hydrogens is 284 g/mol. The summed E-state index contributed by atoms with van der Waals surface area (Å²) in [6.07, 6.45) is 1.97. The molecular formula is C12H15BrN2O2. The van der Waals surface area contributed by atoms with Gasteiger partial charge in [-0.15, -0.1) is 0 Å². The second-order valence-corrected chi connectivity index (χ2v) is 4.84. The highest BCUT2D eigenvalue weighted by atomic mass is 79.9. The molecule has 1 heterocycles. The molecule has 1 atom stereocenters. The summed E-state index contributed by atoms with van der Waals surface area (Å²) in [5.41, 5.74) is 0.774. The number of hydrogen-bond acceptors (Lipinski definition) is 3. The molecule has 0 saturated carbocycles. The summed E-state index contributed by atoms with van der Waals surface area (Å²) in [6.45, 7) is 0.921. The van der Waals surface area contributed by atoms with Gasteiger partial charge in [-0.1, -0.05) is 0 Å². The van der Waals surface area contributed by atoms with E-state index >= 15 is 0 Å². The zero-order valence-electron chi connectivity index (χ0n) is 9.63. The number of rotatable bonds is 3. The van der Waals surface area contributed by atoms with Crippen molar-refractivity contribution in [2.45, 2.75) is 18.9 Å². The van der Waals surface area contributed by atoms with E-state index in [4.69, 9.17) is 4.74 Å². The first-order chi connectivity index (χ1) is 8.20. The molecule has 0 bridgehead atoms. The van der Waals surface area contributed by atoms with Crippen molar-refractivity contribution in [1.29, 1.82) is 0 Å². The minimum Gasteiger partial charge on any atom is -0.496 e. The summed E-state index contributed by atoms with van der Waals surface area (Å²) in [6, 6.07) is 5.43. The van der Waals surface area contributed by atoms with Crippen LogP contribution in [0.5, 0.6) is 5.75 Å². The molecule has 1 saturated heterocycles. The van der Waals surface area contributed by atoms with Crippen molar-refractivity contribution < 1.29 is 9.53 Å². The predicted octanol–water partition coefficient (Wildman–Crippen LogP) is 2.15. The van der Waals surface area contributed by atoms with Crippen molar-refractivity contribution in [3.63, 3.8) is 0 Å². The molecule has 1 aliphatic heterocycles. The first-order valence-electron chi connectivity index (χ1n) is 5.58. The maximum atomic E-state index is 11.9. The number of amides is 1. The Morgan fingerprint density at radius 1 is 1.59 bits per heavy atom. The molecule has 0 radical (unpaired) electrons. The molecule has 2 rings (SSSR count). The summed E-state index contributed by atoms with van der Waals surface area (Å²) in [4.78, 5) is 11.9. The van der Waals surface area contributed by atoms with Crippen LogP contribution in [0.3, 0.4) is 0 Å². The summed E-state index contributed by atoms with van der Waals surface area (Å²) in [7, 11) is 1.61. The van der Waals surface area contributed by atoms with Gasteiger partial charge in [-0.05, 0) is 53.5 Å². The van der Waals surface area contributed by atoms with Crippen molar-refractivity contribution in [3.05, 3.63) is 22.7 Å². The Kier molecular flexibility index (Phi) is 4.02. The number of methoxy groups -OCH3 is 1. The van der Waals surface area contributed by atoms with Crippen LogP contribution in [-0.4, -0.2) is 25.6 Å². The molecule has 17 heavy (non-hydrogen) atoms. The van der Waals surface area contributed by atoms with Gasteiger partial charge >= 0.3 is 0 Å². The first kappa shape index (κ1) is 12.4. The van der Waals surface area contributed by atoms with Gasteiger partial charge in [0.1, 0.15) is 5.75 Å². The lowest BCUT2D eigenvalue weighted by molar-refractivity contribution is -0.117. The largest absolute Gasteiger partial charge is 0.496 e. The highest BCUT2D eigenvalue weighted by molar-refractivity contribution is 9.10. The number of anilines is 1. The summed E-state index contributed by atoms with van der Waals surface area (Å²) in [5, 5.41) is 6.05. The number of carbonyl (C=O) groups excluding carboxylic acids is 1. The Labute approximate surface area is 109 Å². The van der Waals surface area contributed by atoms with Crippen LogP contribution >= 0.6 is 15.9 Å². The maximum Gasteiger partial charge on any atom is 0.241 e. The van der Waals surface area contributed by atoms with E-state index in [1.165, 1.54) is 0 Å². The van der Waals surface area contributed by atoms with E-state index in [0.29, 0.717) is 0 Å². The zero-order valence-corrected chi connectivity index (χ0v) is 11.2. The van der Waals surface area contributed by atoms with Crippen LogP contribution in [0, 0.1) is 0 Å². The lowest BCUT2D eigenvalue weighted by Gasteiger charge is -2.12. The molecule has 1 amide bonds. The predicted molar refractivity (Wildman–Crippen MR) is 70.3 cm³/mol. The fraction of sp³-hybridized carbons (Fsp3) is 0.417. The second kappa shape index (κ2) is 5.51. The highest BCUT2D eigenvalue weighted by Gasteiger charge is 2.21. The van der Waals surface area contributed by atoms with Crippen LogP contribution in [0.25, 0.3) is 0 Å². The van der Waals surface area contributed by atoms with E-state index in [-0.39, 0.29) is 11.9 Å². The van der Waals surface area contributed by atoms with Crippen molar-refractivity contribution in [2.24, 2.45) is 0 Å². The molecule has 92 valence electrons. The van der Waals surface area contributed by atoms with E-state index in [0.717, 1.165) is 35.3 Å². The molecule has 4 nitrogen and oxygen atoms in total. The number of halogens is 1. The van der Waals surface area contributed by atoms with Gasteiger partial charge in [-0.25, -0.2) is 0 Å². The molecule has 2 N–H and O–H groups in total. The Hall–Kier alpha value is -1.07. The van der Waals surface area contributed by atoms with Crippen LogP contribution < -0.4 is 15.4 Å². The quantitative estimate of drug-likeness (QED) is 0.899. The minimum absolute atomic E-state index is 0.0274. The maximum absolute atomic E-state index is 11.9. The van der Waals surface area contributed by atoms with Crippen LogP contribution in [0.4, 0.5) is 5.69 Å². The monoisotopic (exact) mass is 298 g/mol. The van der Waals surface area contributed by atoms with Gasteiger partial charge in [-0.2, -0.15) is 0 Å². The van der Waals surface area contributed by atoms with Crippen molar-refractivity contribution in [2.75, 3.05) is 19.0 Å². The summed E-state index contributed by atoms with van der Waals surface area (Å²) in [5.74, 6) is 0.779. The smallest absolute Gasteiger partial charge is 0.241 e. The molecule has 1 aromatic rings. The van der Waals surface area contributed by atoms with E-state index in [9.17, 15) is 4.79 Å². The molecule has 0 aromatic heterocycles. The molecule has 0 aliphatic carbocycles.